The topological polar surface area (TPSA) is 49.8 Å². The summed E-state index contributed by atoms with van der Waals surface area (Å²) in [4.78, 5) is 13.9. The predicted molar refractivity (Wildman–Crippen MR) is 44.0 cm³/mol. The molecule has 2 N–H and O–H groups in total. The fraction of sp³-hybridized carbons (Fsp3) is 0.625. The first-order chi connectivity index (χ1) is 5.86. The summed E-state index contributed by atoms with van der Waals surface area (Å²) in [5, 5.41) is 3.39. The standard InChI is InChI=1S/C8H11N3O/c12-8-9-1-2-11(8)7-5-3-6(7)10-4-5/h1-2,5-7,10H,3-4H2,(H,9,12). The van der Waals surface area contributed by atoms with Gasteiger partial charge in [-0.3, -0.25) is 4.57 Å². The second-order valence-corrected chi connectivity index (χ2v) is 3.67. The molecule has 1 aliphatic carbocycles. The zero-order valence-electron chi connectivity index (χ0n) is 6.66. The molecule has 1 aromatic heterocycles. The lowest BCUT2D eigenvalue weighted by Gasteiger charge is -2.34. The van der Waals surface area contributed by atoms with Gasteiger partial charge in [0, 0.05) is 25.0 Å². The molecule has 12 heavy (non-hydrogen) atoms. The summed E-state index contributed by atoms with van der Waals surface area (Å²) in [6.07, 6.45) is 4.79. The number of fused-ring (bicyclic) bond motifs is 1. The maximum absolute atomic E-state index is 11.3. The van der Waals surface area contributed by atoms with Gasteiger partial charge in [-0.25, -0.2) is 4.79 Å². The molecule has 0 radical (unpaired) electrons. The molecule has 4 heteroatoms. The zero-order chi connectivity index (χ0) is 8.13. The number of H-pyrrole nitrogens is 1. The van der Waals surface area contributed by atoms with Gasteiger partial charge in [-0.05, 0) is 12.3 Å². The van der Waals surface area contributed by atoms with Crippen LogP contribution in [0.1, 0.15) is 12.5 Å². The van der Waals surface area contributed by atoms with Gasteiger partial charge in [-0.15, -0.1) is 0 Å². The van der Waals surface area contributed by atoms with Crippen molar-refractivity contribution in [2.24, 2.45) is 5.92 Å². The number of hydrogen-bond acceptors (Lipinski definition) is 2. The van der Waals surface area contributed by atoms with Gasteiger partial charge in [0.1, 0.15) is 0 Å². The third-order valence-corrected chi connectivity index (χ3v) is 3.09. The van der Waals surface area contributed by atoms with Crippen LogP contribution in [0, 0.1) is 5.92 Å². The Hall–Kier alpha value is -1.03. The highest BCUT2D eigenvalue weighted by Crippen LogP contribution is 2.42. The van der Waals surface area contributed by atoms with Crippen molar-refractivity contribution in [1.29, 1.82) is 0 Å². The Balaban J connectivity index is 2.01. The van der Waals surface area contributed by atoms with E-state index in [1.54, 1.807) is 6.20 Å². The highest BCUT2D eigenvalue weighted by molar-refractivity contribution is 5.06. The molecule has 64 valence electrons. The number of aromatic nitrogens is 2. The lowest BCUT2D eigenvalue weighted by atomic mass is 9.80. The van der Waals surface area contributed by atoms with Gasteiger partial charge in [-0.2, -0.15) is 0 Å². The van der Waals surface area contributed by atoms with Crippen LogP contribution in [0.25, 0.3) is 0 Å². The average molecular weight is 165 g/mol. The third kappa shape index (κ3) is 0.634. The minimum absolute atomic E-state index is 0.0263. The molecule has 2 aliphatic heterocycles. The van der Waals surface area contributed by atoms with E-state index < -0.39 is 0 Å². The van der Waals surface area contributed by atoms with E-state index >= 15 is 0 Å². The number of hydrogen-bond donors (Lipinski definition) is 2. The highest BCUT2D eigenvalue weighted by atomic mass is 16.1. The van der Waals surface area contributed by atoms with Crippen LogP contribution in [0.5, 0.6) is 0 Å². The zero-order valence-corrected chi connectivity index (χ0v) is 6.66. The van der Waals surface area contributed by atoms with Crippen LogP contribution in [0.2, 0.25) is 0 Å². The quantitative estimate of drug-likeness (QED) is 0.600. The predicted octanol–water partition coefficient (Wildman–Crippen LogP) is -0.291. The fourth-order valence-electron chi connectivity index (χ4n) is 2.44. The summed E-state index contributed by atoms with van der Waals surface area (Å²) in [6, 6.07) is 0.965. The van der Waals surface area contributed by atoms with Gasteiger partial charge in [0.15, 0.2) is 0 Å². The van der Waals surface area contributed by atoms with Crippen molar-refractivity contribution in [1.82, 2.24) is 14.9 Å². The molecule has 2 saturated heterocycles. The first kappa shape index (κ1) is 6.48. The van der Waals surface area contributed by atoms with Crippen molar-refractivity contribution in [3.8, 4) is 0 Å². The summed E-state index contributed by atoms with van der Waals surface area (Å²) >= 11 is 0. The van der Waals surface area contributed by atoms with Crippen LogP contribution in [0.15, 0.2) is 17.2 Å². The molecule has 3 aliphatic rings. The monoisotopic (exact) mass is 165 g/mol. The first-order valence-electron chi connectivity index (χ1n) is 4.35. The normalized spacial score (nSPS) is 38.2. The Bertz CT molecular complexity index is 339. The van der Waals surface area contributed by atoms with Crippen molar-refractivity contribution >= 4 is 0 Å². The third-order valence-electron chi connectivity index (χ3n) is 3.09. The Labute approximate surface area is 69.6 Å². The maximum Gasteiger partial charge on any atom is 0.325 e. The molecule has 4 nitrogen and oxygen atoms in total. The van der Waals surface area contributed by atoms with Crippen LogP contribution in [0.3, 0.4) is 0 Å². The van der Waals surface area contributed by atoms with Crippen molar-refractivity contribution in [2.75, 3.05) is 6.54 Å². The number of imidazole rings is 1. The summed E-state index contributed by atoms with van der Waals surface area (Å²) in [5.41, 5.74) is 0.0263. The second kappa shape index (κ2) is 2.01. The molecule has 4 rings (SSSR count). The van der Waals surface area contributed by atoms with Gasteiger partial charge in [0.05, 0.1) is 6.04 Å². The fourth-order valence-corrected chi connectivity index (χ4v) is 2.44. The van der Waals surface area contributed by atoms with Crippen LogP contribution < -0.4 is 11.0 Å². The molecule has 2 bridgehead atoms. The average Bonchev–Trinajstić information content (AvgIpc) is 2.64. The second-order valence-electron chi connectivity index (χ2n) is 3.67. The molecule has 0 amide bonds. The Morgan fingerprint density at radius 3 is 3.00 bits per heavy atom. The lowest BCUT2D eigenvalue weighted by molar-refractivity contribution is 0.215. The van der Waals surface area contributed by atoms with E-state index in [1.807, 2.05) is 10.8 Å². The van der Waals surface area contributed by atoms with Crippen molar-refractivity contribution in [3.63, 3.8) is 0 Å². The largest absolute Gasteiger partial charge is 0.325 e. The highest BCUT2D eigenvalue weighted by Gasteiger charge is 2.48. The minimum Gasteiger partial charge on any atom is -0.313 e. The summed E-state index contributed by atoms with van der Waals surface area (Å²) in [5.74, 6) is 0.684. The van der Waals surface area contributed by atoms with Gasteiger partial charge in [-0.1, -0.05) is 0 Å². The van der Waals surface area contributed by atoms with Crippen LogP contribution >= 0.6 is 0 Å². The SMILES string of the molecule is O=c1[nH]ccn1C1C2CNC1C2. The summed E-state index contributed by atoms with van der Waals surface area (Å²) in [6.45, 7) is 1.08. The van der Waals surface area contributed by atoms with Crippen LogP contribution in [0.4, 0.5) is 0 Å². The maximum atomic E-state index is 11.3. The minimum atomic E-state index is 0.0263. The molecular weight excluding hydrogens is 154 g/mol. The van der Waals surface area contributed by atoms with Crippen molar-refractivity contribution in [2.45, 2.75) is 18.5 Å². The molecule has 1 aromatic rings. The number of nitrogens with zero attached hydrogens (tertiary/aromatic N) is 1. The van der Waals surface area contributed by atoms with Crippen LogP contribution in [-0.4, -0.2) is 22.1 Å². The lowest BCUT2D eigenvalue weighted by Crippen LogP contribution is -2.42. The summed E-state index contributed by atoms with van der Waals surface area (Å²) in [7, 11) is 0. The summed E-state index contributed by atoms with van der Waals surface area (Å²) < 4.78 is 1.82. The van der Waals surface area contributed by atoms with Crippen molar-refractivity contribution in [3.05, 3.63) is 22.9 Å². The van der Waals surface area contributed by atoms with E-state index in [-0.39, 0.29) is 5.69 Å². The molecular formula is C8H11N3O. The molecule has 3 heterocycles. The molecule has 1 saturated carbocycles. The van der Waals surface area contributed by atoms with E-state index in [0.717, 1.165) is 6.54 Å². The number of rotatable bonds is 1. The van der Waals surface area contributed by atoms with Gasteiger partial charge in [0.2, 0.25) is 0 Å². The first-order valence-corrected chi connectivity index (χ1v) is 4.35. The Kier molecular flexibility index (Phi) is 1.09. The molecule has 3 atom stereocenters. The van der Waals surface area contributed by atoms with Gasteiger partial charge < -0.3 is 10.3 Å². The van der Waals surface area contributed by atoms with E-state index in [9.17, 15) is 4.79 Å². The Morgan fingerprint density at radius 2 is 2.50 bits per heavy atom. The van der Waals surface area contributed by atoms with Gasteiger partial charge >= 0.3 is 5.69 Å². The van der Waals surface area contributed by atoms with Crippen LogP contribution in [-0.2, 0) is 0 Å². The van der Waals surface area contributed by atoms with E-state index in [0.29, 0.717) is 18.0 Å². The van der Waals surface area contributed by atoms with E-state index in [1.165, 1.54) is 6.42 Å². The van der Waals surface area contributed by atoms with E-state index in [4.69, 9.17) is 0 Å². The molecule has 0 aromatic carbocycles. The molecule has 3 fully saturated rings. The number of nitrogens with one attached hydrogen (secondary N) is 2. The van der Waals surface area contributed by atoms with Crippen molar-refractivity contribution < 1.29 is 0 Å². The van der Waals surface area contributed by atoms with E-state index in [2.05, 4.69) is 10.3 Å². The smallest absolute Gasteiger partial charge is 0.313 e. The molecule has 3 unspecified atom stereocenters. The Morgan fingerprint density at radius 1 is 1.58 bits per heavy atom. The number of aromatic amines is 1. The van der Waals surface area contributed by atoms with Gasteiger partial charge in [0.25, 0.3) is 0 Å². The molecule has 0 spiro atoms.